The summed E-state index contributed by atoms with van der Waals surface area (Å²) in [5, 5.41) is 18.6. The molecule has 186 valence electrons. The van der Waals surface area contributed by atoms with E-state index in [-0.39, 0.29) is 11.7 Å². The second-order valence-corrected chi connectivity index (χ2v) is 9.40. The van der Waals surface area contributed by atoms with Crippen molar-refractivity contribution in [3.63, 3.8) is 0 Å². The molecule has 1 aliphatic rings. The highest BCUT2D eigenvalue weighted by Gasteiger charge is 2.33. The van der Waals surface area contributed by atoms with Crippen LogP contribution in [-0.2, 0) is 18.4 Å². The van der Waals surface area contributed by atoms with Gasteiger partial charge in [0.25, 0.3) is 0 Å². The first-order valence-electron chi connectivity index (χ1n) is 12.3. The van der Waals surface area contributed by atoms with Crippen LogP contribution in [0.15, 0.2) is 58.9 Å². The third kappa shape index (κ3) is 4.32. The standard InChI is InChI=1S/C25H30N10O/c1-4-5-9-21-15-33(23-27-17-28-35(23)18(2)3)24(36)34(21)16-25(10-12-26-13-11-25)20-8-6-7-19(14-20)22-29-31-32-30-22/h6-8,10,12-15,17-18H,4-5,9,11,16H2,1-3H3,(H,29,30,31,32). The van der Waals surface area contributed by atoms with Crippen LogP contribution in [0.1, 0.15) is 57.3 Å². The van der Waals surface area contributed by atoms with Crippen molar-refractivity contribution in [2.24, 2.45) is 4.99 Å². The van der Waals surface area contributed by atoms with Gasteiger partial charge < -0.3 is 0 Å². The molecule has 0 amide bonds. The highest BCUT2D eigenvalue weighted by atomic mass is 16.2. The zero-order chi connectivity index (χ0) is 25.1. The maximum absolute atomic E-state index is 13.9. The minimum Gasteiger partial charge on any atom is -0.295 e. The zero-order valence-corrected chi connectivity index (χ0v) is 20.7. The van der Waals surface area contributed by atoms with Crippen molar-refractivity contribution < 1.29 is 0 Å². The summed E-state index contributed by atoms with van der Waals surface area (Å²) < 4.78 is 5.29. The van der Waals surface area contributed by atoms with Crippen molar-refractivity contribution in [3.05, 3.63) is 70.8 Å². The summed E-state index contributed by atoms with van der Waals surface area (Å²) in [7, 11) is 0. The molecule has 3 aromatic heterocycles. The van der Waals surface area contributed by atoms with Gasteiger partial charge in [0, 0.05) is 41.8 Å². The van der Waals surface area contributed by atoms with Gasteiger partial charge in [-0.05, 0) is 55.2 Å². The lowest BCUT2D eigenvalue weighted by Gasteiger charge is -2.32. The second kappa shape index (κ2) is 9.84. The monoisotopic (exact) mass is 486 g/mol. The van der Waals surface area contributed by atoms with Crippen LogP contribution < -0.4 is 5.69 Å². The minimum absolute atomic E-state index is 0.0778. The molecule has 11 heteroatoms. The van der Waals surface area contributed by atoms with Gasteiger partial charge in [-0.3, -0.25) is 9.56 Å². The summed E-state index contributed by atoms with van der Waals surface area (Å²) in [6.07, 6.45) is 12.7. The van der Waals surface area contributed by atoms with E-state index in [1.165, 1.54) is 6.33 Å². The van der Waals surface area contributed by atoms with Gasteiger partial charge in [0.1, 0.15) is 6.33 Å². The Morgan fingerprint density at radius 2 is 2.14 bits per heavy atom. The first kappa shape index (κ1) is 23.6. The normalized spacial score (nSPS) is 17.3. The number of imidazole rings is 1. The molecule has 0 bridgehead atoms. The molecule has 0 saturated carbocycles. The number of nitrogens with one attached hydrogen (secondary N) is 1. The summed E-state index contributed by atoms with van der Waals surface area (Å²) in [6, 6.07) is 8.20. The Bertz CT molecular complexity index is 1440. The van der Waals surface area contributed by atoms with E-state index >= 15 is 0 Å². The molecular weight excluding hydrogens is 456 g/mol. The Balaban J connectivity index is 1.61. The van der Waals surface area contributed by atoms with E-state index in [1.54, 1.807) is 9.25 Å². The fourth-order valence-electron chi connectivity index (χ4n) is 4.67. The highest BCUT2D eigenvalue weighted by molar-refractivity contribution is 5.65. The van der Waals surface area contributed by atoms with Crippen LogP contribution in [-0.4, -0.2) is 50.7 Å². The van der Waals surface area contributed by atoms with Crippen LogP contribution in [0.2, 0.25) is 0 Å². The van der Waals surface area contributed by atoms with Crippen LogP contribution in [0.3, 0.4) is 0 Å². The van der Waals surface area contributed by atoms with Crippen molar-refractivity contribution in [3.8, 4) is 17.3 Å². The number of aryl methyl sites for hydroxylation is 1. The van der Waals surface area contributed by atoms with Gasteiger partial charge in [0.05, 0.1) is 6.04 Å². The molecule has 4 heterocycles. The maximum Gasteiger partial charge on any atom is 0.335 e. The molecule has 5 rings (SSSR count). The number of aromatic amines is 1. The maximum atomic E-state index is 13.9. The van der Waals surface area contributed by atoms with Gasteiger partial charge in [-0.1, -0.05) is 37.6 Å². The van der Waals surface area contributed by atoms with Gasteiger partial charge in [-0.25, -0.2) is 19.1 Å². The summed E-state index contributed by atoms with van der Waals surface area (Å²) in [5.74, 6) is 1.13. The molecule has 36 heavy (non-hydrogen) atoms. The number of allylic oxidation sites excluding steroid dienone is 1. The number of tetrazole rings is 1. The number of aromatic nitrogens is 9. The van der Waals surface area contributed by atoms with Gasteiger partial charge >= 0.3 is 5.69 Å². The number of benzene rings is 1. The fourth-order valence-corrected chi connectivity index (χ4v) is 4.67. The van der Waals surface area contributed by atoms with E-state index in [4.69, 9.17) is 0 Å². The number of H-pyrrole nitrogens is 1. The fraction of sp³-hybridized carbons (Fsp3) is 0.400. The predicted octanol–water partition coefficient (Wildman–Crippen LogP) is 3.26. The van der Waals surface area contributed by atoms with Crippen molar-refractivity contribution in [2.45, 2.75) is 64.5 Å². The van der Waals surface area contributed by atoms with E-state index in [1.807, 2.05) is 49.2 Å². The molecule has 1 N–H and O–H groups in total. The predicted molar refractivity (Wildman–Crippen MR) is 136 cm³/mol. The Labute approximate surface area is 208 Å². The number of aliphatic imine (C=N–C) groups is 1. The van der Waals surface area contributed by atoms with Crippen molar-refractivity contribution in [1.29, 1.82) is 0 Å². The molecule has 11 nitrogen and oxygen atoms in total. The van der Waals surface area contributed by atoms with Crippen LogP contribution in [0.4, 0.5) is 0 Å². The van der Waals surface area contributed by atoms with Crippen LogP contribution >= 0.6 is 0 Å². The molecule has 0 aliphatic carbocycles. The molecule has 1 aromatic carbocycles. The first-order chi connectivity index (χ1) is 17.5. The Hall–Kier alpha value is -4.15. The molecule has 4 aromatic rings. The smallest absolute Gasteiger partial charge is 0.295 e. The van der Waals surface area contributed by atoms with Gasteiger partial charge in [-0.2, -0.15) is 10.1 Å². The molecule has 0 radical (unpaired) electrons. The molecule has 1 unspecified atom stereocenters. The summed E-state index contributed by atoms with van der Waals surface area (Å²) in [4.78, 5) is 22.6. The lowest BCUT2D eigenvalue weighted by molar-refractivity contribution is 0.437. The summed E-state index contributed by atoms with van der Waals surface area (Å²) >= 11 is 0. The molecule has 0 fully saturated rings. The summed E-state index contributed by atoms with van der Waals surface area (Å²) in [5.41, 5.74) is 2.33. The van der Waals surface area contributed by atoms with Crippen LogP contribution in [0, 0.1) is 0 Å². The van der Waals surface area contributed by atoms with Crippen molar-refractivity contribution in [2.75, 3.05) is 0 Å². The summed E-state index contributed by atoms with van der Waals surface area (Å²) in [6.45, 7) is 6.67. The Morgan fingerprint density at radius 1 is 1.25 bits per heavy atom. The lowest BCUT2D eigenvalue weighted by atomic mass is 9.76. The van der Waals surface area contributed by atoms with Gasteiger partial charge in [0.15, 0.2) is 5.82 Å². The molecule has 0 saturated heterocycles. The van der Waals surface area contributed by atoms with Crippen molar-refractivity contribution >= 4 is 6.21 Å². The van der Waals surface area contributed by atoms with E-state index < -0.39 is 5.41 Å². The highest BCUT2D eigenvalue weighted by Crippen LogP contribution is 2.35. The lowest BCUT2D eigenvalue weighted by Crippen LogP contribution is -2.37. The molecular formula is C25H30N10O. The zero-order valence-electron chi connectivity index (χ0n) is 20.7. The SMILES string of the molecule is CCCCc1cn(-c2ncnn2C(C)C)c(=O)n1CC1(c2cccc(-c3nnn[nH]3)c2)C=CN=CC1. The first-order valence-corrected chi connectivity index (χ1v) is 12.3. The van der Waals surface area contributed by atoms with E-state index in [0.29, 0.717) is 24.7 Å². The van der Waals surface area contributed by atoms with Crippen LogP contribution in [0.25, 0.3) is 17.3 Å². The average molecular weight is 487 g/mol. The molecule has 1 aliphatic heterocycles. The minimum atomic E-state index is -0.464. The van der Waals surface area contributed by atoms with E-state index in [9.17, 15) is 4.79 Å². The Kier molecular flexibility index (Phi) is 6.45. The van der Waals surface area contributed by atoms with Gasteiger partial charge in [-0.15, -0.1) is 5.10 Å². The third-order valence-electron chi connectivity index (χ3n) is 6.64. The van der Waals surface area contributed by atoms with Crippen molar-refractivity contribution in [1.82, 2.24) is 44.5 Å². The number of nitrogens with zero attached hydrogens (tertiary/aromatic N) is 9. The third-order valence-corrected chi connectivity index (χ3v) is 6.64. The second-order valence-electron chi connectivity index (χ2n) is 9.40. The van der Waals surface area contributed by atoms with E-state index in [0.717, 1.165) is 36.1 Å². The van der Waals surface area contributed by atoms with Crippen LogP contribution in [0.5, 0.6) is 0 Å². The average Bonchev–Trinajstić information content (AvgIpc) is 3.65. The quantitative estimate of drug-likeness (QED) is 0.387. The number of hydrogen-bond acceptors (Lipinski definition) is 7. The number of rotatable bonds is 9. The molecule has 0 spiro atoms. The number of unbranched alkanes of at least 4 members (excludes halogenated alkanes) is 1. The Morgan fingerprint density at radius 3 is 2.86 bits per heavy atom. The molecule has 1 atom stereocenters. The number of hydrogen-bond donors (Lipinski definition) is 1. The topological polar surface area (TPSA) is 124 Å². The largest absolute Gasteiger partial charge is 0.335 e. The van der Waals surface area contributed by atoms with Gasteiger partial charge in [0.2, 0.25) is 5.95 Å². The van der Waals surface area contributed by atoms with E-state index in [2.05, 4.69) is 60.8 Å².